The van der Waals surface area contributed by atoms with E-state index in [1.807, 2.05) is 37.3 Å². The van der Waals surface area contributed by atoms with Crippen LogP contribution in [0.25, 0.3) is 5.76 Å². The van der Waals surface area contributed by atoms with Crippen LogP contribution in [0.5, 0.6) is 11.5 Å². The molecule has 196 valence electrons. The normalized spacial score (nSPS) is 16.4. The molecule has 0 radical (unpaired) electrons. The van der Waals surface area contributed by atoms with E-state index in [1.54, 1.807) is 74.1 Å². The molecule has 1 saturated heterocycles. The molecule has 2 heterocycles. The van der Waals surface area contributed by atoms with Crippen molar-refractivity contribution in [1.29, 1.82) is 0 Å². The molecule has 1 N–H and O–H groups in total. The molecule has 0 saturated carbocycles. The topological polar surface area (TPSA) is 89.0 Å². The lowest BCUT2D eigenvalue weighted by Gasteiger charge is -2.25. The smallest absolute Gasteiger partial charge is 0.295 e. The summed E-state index contributed by atoms with van der Waals surface area (Å²) in [4.78, 5) is 32.1. The minimum atomic E-state index is -0.784. The third-order valence-electron chi connectivity index (χ3n) is 6.83. The van der Waals surface area contributed by atoms with Gasteiger partial charge in [-0.15, -0.1) is 0 Å². The summed E-state index contributed by atoms with van der Waals surface area (Å²) in [6.07, 6.45) is 3.30. The van der Waals surface area contributed by atoms with Crippen LogP contribution in [0.1, 0.15) is 33.9 Å². The highest BCUT2D eigenvalue weighted by atomic mass is 16.5. The van der Waals surface area contributed by atoms with Gasteiger partial charge in [0.2, 0.25) is 0 Å². The lowest BCUT2D eigenvalue weighted by Crippen LogP contribution is -2.29. The Hall–Kier alpha value is -4.91. The predicted octanol–water partition coefficient (Wildman–Crippen LogP) is 5.60. The number of hydrogen-bond acceptors (Lipinski definition) is 6. The van der Waals surface area contributed by atoms with Gasteiger partial charge in [0, 0.05) is 24.5 Å². The fourth-order valence-corrected chi connectivity index (χ4v) is 4.66. The molecular formula is C32H28N2O5. The van der Waals surface area contributed by atoms with Gasteiger partial charge in [0.25, 0.3) is 11.7 Å². The summed E-state index contributed by atoms with van der Waals surface area (Å²) in [5.74, 6) is -0.396. The van der Waals surface area contributed by atoms with Crippen LogP contribution in [-0.2, 0) is 22.7 Å². The van der Waals surface area contributed by atoms with Gasteiger partial charge < -0.3 is 19.5 Å². The third kappa shape index (κ3) is 5.38. The maximum atomic E-state index is 13.3. The quantitative estimate of drug-likeness (QED) is 0.185. The van der Waals surface area contributed by atoms with Gasteiger partial charge in [-0.3, -0.25) is 14.6 Å². The summed E-state index contributed by atoms with van der Waals surface area (Å²) >= 11 is 0. The van der Waals surface area contributed by atoms with Crippen molar-refractivity contribution in [3.05, 3.63) is 131 Å². The van der Waals surface area contributed by atoms with Gasteiger partial charge in [-0.2, -0.15) is 0 Å². The second-order valence-electron chi connectivity index (χ2n) is 9.30. The van der Waals surface area contributed by atoms with Crippen LogP contribution < -0.4 is 9.47 Å². The number of likely N-dealkylation sites (tertiary alicyclic amines) is 1. The third-order valence-corrected chi connectivity index (χ3v) is 6.83. The lowest BCUT2D eigenvalue weighted by molar-refractivity contribution is -0.140. The molecule has 1 aliphatic heterocycles. The van der Waals surface area contributed by atoms with Crippen molar-refractivity contribution in [2.75, 3.05) is 7.11 Å². The molecule has 0 bridgehead atoms. The van der Waals surface area contributed by atoms with E-state index in [0.29, 0.717) is 29.2 Å². The van der Waals surface area contributed by atoms with Crippen molar-refractivity contribution in [3.63, 3.8) is 0 Å². The average Bonchev–Trinajstić information content (AvgIpc) is 3.22. The van der Waals surface area contributed by atoms with Crippen molar-refractivity contribution in [2.24, 2.45) is 0 Å². The fourth-order valence-electron chi connectivity index (χ4n) is 4.66. The SMILES string of the molecule is COc1ccc(C2/C(=C(\O)c3ccc(OCc4ccccc4C)cc3)C(=O)C(=O)N2Cc2cccnc2)cc1. The Balaban J connectivity index is 1.48. The first-order chi connectivity index (χ1) is 19.0. The molecule has 4 aromatic rings. The largest absolute Gasteiger partial charge is 0.507 e. The number of carbonyl (C=O) groups excluding carboxylic acids is 2. The van der Waals surface area contributed by atoms with Crippen LogP contribution in [-0.4, -0.2) is 33.8 Å². The van der Waals surface area contributed by atoms with Crippen molar-refractivity contribution in [2.45, 2.75) is 26.1 Å². The van der Waals surface area contributed by atoms with Crippen molar-refractivity contribution in [3.8, 4) is 11.5 Å². The van der Waals surface area contributed by atoms with Gasteiger partial charge in [0.05, 0.1) is 18.7 Å². The van der Waals surface area contributed by atoms with Gasteiger partial charge >= 0.3 is 0 Å². The summed E-state index contributed by atoms with van der Waals surface area (Å²) in [6.45, 7) is 2.61. The number of benzene rings is 3. The van der Waals surface area contributed by atoms with E-state index in [0.717, 1.165) is 16.7 Å². The summed E-state index contributed by atoms with van der Waals surface area (Å²) in [5.41, 5.74) is 4.12. The summed E-state index contributed by atoms with van der Waals surface area (Å²) in [5, 5.41) is 11.4. The number of carbonyl (C=O) groups is 2. The minimum Gasteiger partial charge on any atom is -0.507 e. The first-order valence-corrected chi connectivity index (χ1v) is 12.6. The number of methoxy groups -OCH3 is 1. The number of ether oxygens (including phenoxy) is 2. The number of rotatable bonds is 8. The van der Waals surface area contributed by atoms with Crippen LogP contribution in [0.2, 0.25) is 0 Å². The molecule has 5 rings (SSSR count). The van der Waals surface area contributed by atoms with Gasteiger partial charge in [-0.25, -0.2) is 0 Å². The summed E-state index contributed by atoms with van der Waals surface area (Å²) in [7, 11) is 1.57. The zero-order valence-corrected chi connectivity index (χ0v) is 21.7. The Morgan fingerprint density at radius 3 is 2.31 bits per heavy atom. The van der Waals surface area contributed by atoms with Crippen molar-refractivity contribution < 1.29 is 24.2 Å². The highest BCUT2D eigenvalue weighted by molar-refractivity contribution is 6.46. The van der Waals surface area contributed by atoms with Crippen LogP contribution >= 0.6 is 0 Å². The Kier molecular flexibility index (Phi) is 7.41. The maximum absolute atomic E-state index is 13.3. The van der Waals surface area contributed by atoms with Crippen LogP contribution in [0.3, 0.4) is 0 Å². The Bertz CT molecular complexity index is 1510. The van der Waals surface area contributed by atoms with E-state index in [2.05, 4.69) is 4.98 Å². The molecule has 1 amide bonds. The van der Waals surface area contributed by atoms with E-state index >= 15 is 0 Å². The summed E-state index contributed by atoms with van der Waals surface area (Å²) < 4.78 is 11.2. The molecule has 1 atom stereocenters. The first-order valence-electron chi connectivity index (χ1n) is 12.6. The predicted molar refractivity (Wildman–Crippen MR) is 147 cm³/mol. The molecule has 7 nitrogen and oxygen atoms in total. The highest BCUT2D eigenvalue weighted by Crippen LogP contribution is 2.40. The fraction of sp³-hybridized carbons (Fsp3) is 0.156. The average molecular weight is 521 g/mol. The van der Waals surface area contributed by atoms with Crippen LogP contribution in [0.15, 0.2) is 103 Å². The number of aliphatic hydroxyl groups excluding tert-OH is 1. The maximum Gasteiger partial charge on any atom is 0.295 e. The number of ketones is 1. The first kappa shape index (κ1) is 25.7. The molecule has 0 spiro atoms. The van der Waals surface area contributed by atoms with Gasteiger partial charge in [-0.1, -0.05) is 42.5 Å². The summed E-state index contributed by atoms with van der Waals surface area (Å²) in [6, 6.07) is 24.8. The number of aliphatic hydroxyl groups is 1. The number of aromatic nitrogens is 1. The molecule has 39 heavy (non-hydrogen) atoms. The number of pyridine rings is 1. The van der Waals surface area contributed by atoms with Crippen LogP contribution in [0, 0.1) is 6.92 Å². The Labute approximate surface area is 227 Å². The van der Waals surface area contributed by atoms with Crippen molar-refractivity contribution >= 4 is 17.4 Å². The molecule has 1 aromatic heterocycles. The molecule has 1 fully saturated rings. The van der Waals surface area contributed by atoms with E-state index in [9.17, 15) is 14.7 Å². The molecule has 3 aromatic carbocycles. The number of aryl methyl sites for hydroxylation is 1. The van der Waals surface area contributed by atoms with E-state index in [1.165, 1.54) is 4.90 Å². The van der Waals surface area contributed by atoms with Gasteiger partial charge in [-0.05, 0) is 71.6 Å². The molecule has 0 aliphatic carbocycles. The van der Waals surface area contributed by atoms with E-state index < -0.39 is 17.7 Å². The lowest BCUT2D eigenvalue weighted by atomic mass is 9.95. The van der Waals surface area contributed by atoms with Gasteiger partial charge in [0.1, 0.15) is 23.9 Å². The highest BCUT2D eigenvalue weighted by Gasteiger charge is 2.46. The second kappa shape index (κ2) is 11.2. The Morgan fingerprint density at radius 1 is 0.923 bits per heavy atom. The standard InChI is InChI=1S/C32H28N2O5/c1-21-6-3-4-8-25(21)20-39-27-15-11-24(12-16-27)30(35)28-29(23-9-13-26(38-2)14-10-23)34(32(37)31(28)36)19-22-7-5-17-33-18-22/h3-18,29,35H,19-20H2,1-2H3/b30-28+. The molecule has 7 heteroatoms. The van der Waals surface area contributed by atoms with E-state index in [4.69, 9.17) is 9.47 Å². The zero-order chi connectivity index (χ0) is 27.4. The number of hydrogen-bond donors (Lipinski definition) is 1. The zero-order valence-electron chi connectivity index (χ0n) is 21.7. The van der Waals surface area contributed by atoms with Crippen LogP contribution in [0.4, 0.5) is 0 Å². The van der Waals surface area contributed by atoms with Gasteiger partial charge in [0.15, 0.2) is 0 Å². The second-order valence-corrected chi connectivity index (χ2v) is 9.30. The number of nitrogens with zero attached hydrogens (tertiary/aromatic N) is 2. The monoisotopic (exact) mass is 520 g/mol. The Morgan fingerprint density at radius 2 is 1.64 bits per heavy atom. The number of Topliss-reactive ketones (excluding diaryl/α,β-unsaturated/α-hetero) is 1. The molecule has 1 aliphatic rings. The van der Waals surface area contributed by atoms with E-state index in [-0.39, 0.29) is 17.9 Å². The molecular weight excluding hydrogens is 492 g/mol. The molecule has 1 unspecified atom stereocenters. The van der Waals surface area contributed by atoms with Crippen molar-refractivity contribution in [1.82, 2.24) is 9.88 Å². The minimum absolute atomic E-state index is 0.0302. The number of amides is 1.